The number of unbranched alkanes of at least 4 members (excludes halogenated alkanes) is 17. The average Bonchev–Trinajstić information content (AvgIpc) is 3.36. The number of phosphoric ester groups is 1. The van der Waals surface area contributed by atoms with E-state index >= 15 is 0 Å². The van der Waals surface area contributed by atoms with Crippen LogP contribution in [0.1, 0.15) is 219 Å². The van der Waals surface area contributed by atoms with E-state index in [4.69, 9.17) is 9.05 Å². The second-order valence-electron chi connectivity index (χ2n) is 20.6. The van der Waals surface area contributed by atoms with E-state index in [-0.39, 0.29) is 19.1 Å². The van der Waals surface area contributed by atoms with Crippen molar-refractivity contribution in [1.82, 2.24) is 5.32 Å². The predicted molar refractivity (Wildman–Crippen MR) is 322 cm³/mol. The molecule has 8 nitrogen and oxygen atoms in total. The maximum atomic E-state index is 13.0. The minimum Gasteiger partial charge on any atom is -0.391 e. The molecule has 0 saturated carbocycles. The highest BCUT2D eigenvalue weighted by Crippen LogP contribution is 2.43. The predicted octanol–water partition coefficient (Wildman–Crippen LogP) is 18.3. The first-order chi connectivity index (χ1) is 36.0. The Morgan fingerprint density at radius 2 is 0.811 bits per heavy atom. The molecular formula is C65H112N2O6P+. The number of hydrogen-bond donors (Lipinski definition) is 3. The summed E-state index contributed by atoms with van der Waals surface area (Å²) in [6.45, 7) is 4.73. The second-order valence-corrected chi connectivity index (χ2v) is 22.1. The number of likely N-dealkylation sites (N-methyl/N-ethyl adjacent to an activating group) is 1. The molecule has 9 heteroatoms. The van der Waals surface area contributed by atoms with Crippen molar-refractivity contribution in [3.05, 3.63) is 134 Å². The Kier molecular flexibility index (Phi) is 52.0. The van der Waals surface area contributed by atoms with Gasteiger partial charge in [0.15, 0.2) is 0 Å². The van der Waals surface area contributed by atoms with E-state index in [1.165, 1.54) is 70.6 Å². The Bertz CT molecular complexity index is 1660. The van der Waals surface area contributed by atoms with Gasteiger partial charge in [-0.05, 0) is 96.3 Å². The van der Waals surface area contributed by atoms with Gasteiger partial charge < -0.3 is 19.8 Å². The first kappa shape index (κ1) is 70.6. The first-order valence-corrected chi connectivity index (χ1v) is 31.0. The third kappa shape index (κ3) is 56.4. The zero-order chi connectivity index (χ0) is 54.2. The highest BCUT2D eigenvalue weighted by Gasteiger charge is 2.28. The fraction of sp³-hybridized carbons (Fsp3) is 0.646. The maximum absolute atomic E-state index is 13.0. The van der Waals surface area contributed by atoms with Crippen molar-refractivity contribution < 1.29 is 32.9 Å². The largest absolute Gasteiger partial charge is 0.472 e. The molecule has 0 spiro atoms. The van der Waals surface area contributed by atoms with Crippen LogP contribution in [0.5, 0.6) is 0 Å². The lowest BCUT2D eigenvalue weighted by molar-refractivity contribution is -0.870. The molecule has 0 bridgehead atoms. The number of quaternary nitrogens is 1. The van der Waals surface area contributed by atoms with Crippen LogP contribution in [0.3, 0.4) is 0 Å². The standard InChI is InChI=1S/C65H111N2O6P/c1-6-8-10-12-14-16-18-19-20-21-22-23-24-25-26-27-28-29-30-31-32-33-34-35-36-37-38-39-40-41-42-43-44-45-46-47-49-51-53-55-57-59-65(69)66-63(62-73-74(70,71)72-61-60-67(3,4)5)64(68)58-56-54-52-50-48-17-15-13-11-9-7-2/h8,10,14,16,19-20,22-23,25-26,28-29,31-32,34-35,37-38,40-41,43-44,63-64,68H,6-7,9,11-13,15,17-18,21,24,27,30,33,36,39,42,45-62H2,1-5H3,(H-,66,69,70,71)/p+1/b10-8-,16-14-,20-19-,23-22-,26-25-,29-28-,32-31-,35-34-,38-37-,41-40-,44-43-. The Hall–Kier alpha value is -3.36. The summed E-state index contributed by atoms with van der Waals surface area (Å²) >= 11 is 0. The van der Waals surface area contributed by atoms with Crippen LogP contribution >= 0.6 is 7.82 Å². The van der Waals surface area contributed by atoms with Crippen LogP contribution in [-0.2, 0) is 18.4 Å². The lowest BCUT2D eigenvalue weighted by Crippen LogP contribution is -2.46. The van der Waals surface area contributed by atoms with Gasteiger partial charge >= 0.3 is 7.82 Å². The van der Waals surface area contributed by atoms with Gasteiger partial charge in [-0.15, -0.1) is 0 Å². The molecule has 0 radical (unpaired) electrons. The van der Waals surface area contributed by atoms with Gasteiger partial charge in [0.1, 0.15) is 13.2 Å². The third-order valence-electron chi connectivity index (χ3n) is 12.4. The molecule has 0 aromatic rings. The van der Waals surface area contributed by atoms with Crippen molar-refractivity contribution in [1.29, 1.82) is 0 Å². The number of allylic oxidation sites excluding steroid dienone is 22. The van der Waals surface area contributed by atoms with E-state index in [9.17, 15) is 19.4 Å². The maximum Gasteiger partial charge on any atom is 0.472 e. The van der Waals surface area contributed by atoms with E-state index in [1.807, 2.05) is 21.1 Å². The quantitative estimate of drug-likeness (QED) is 0.0243. The van der Waals surface area contributed by atoms with Crippen LogP contribution in [0.15, 0.2) is 134 Å². The van der Waals surface area contributed by atoms with Crippen molar-refractivity contribution in [3.8, 4) is 0 Å². The van der Waals surface area contributed by atoms with Gasteiger partial charge in [-0.3, -0.25) is 13.8 Å². The number of aliphatic hydroxyl groups excluding tert-OH is 1. The van der Waals surface area contributed by atoms with E-state index in [0.717, 1.165) is 122 Å². The summed E-state index contributed by atoms with van der Waals surface area (Å²) in [5.41, 5.74) is 0. The molecule has 0 heterocycles. The lowest BCUT2D eigenvalue weighted by Gasteiger charge is -2.26. The number of aliphatic hydroxyl groups is 1. The number of phosphoric acid groups is 1. The van der Waals surface area contributed by atoms with Gasteiger partial charge in [0.05, 0.1) is 39.9 Å². The molecule has 3 atom stereocenters. The summed E-state index contributed by atoms with van der Waals surface area (Å²) in [5, 5.41) is 14.0. The zero-order valence-corrected chi connectivity index (χ0v) is 48.9. The molecule has 1 amide bonds. The van der Waals surface area contributed by atoms with Crippen LogP contribution in [0.2, 0.25) is 0 Å². The normalized spacial score (nSPS) is 14.9. The monoisotopic (exact) mass is 1050 g/mol. The molecule has 0 saturated heterocycles. The number of rotatable bonds is 52. The van der Waals surface area contributed by atoms with Crippen LogP contribution in [0, 0.1) is 0 Å². The fourth-order valence-corrected chi connectivity index (χ4v) is 8.55. The van der Waals surface area contributed by atoms with Crippen LogP contribution in [-0.4, -0.2) is 73.4 Å². The third-order valence-corrected chi connectivity index (χ3v) is 13.4. The average molecular weight is 1050 g/mol. The van der Waals surface area contributed by atoms with Crippen molar-refractivity contribution in [2.75, 3.05) is 40.9 Å². The summed E-state index contributed by atoms with van der Waals surface area (Å²) < 4.78 is 23.7. The molecule has 0 aliphatic carbocycles. The highest BCUT2D eigenvalue weighted by atomic mass is 31.2. The van der Waals surface area contributed by atoms with Gasteiger partial charge in [0.2, 0.25) is 5.91 Å². The number of carbonyl (C=O) groups excluding carboxylic acids is 1. The summed E-state index contributed by atoms with van der Waals surface area (Å²) in [7, 11) is 1.59. The highest BCUT2D eigenvalue weighted by molar-refractivity contribution is 7.47. The Labute approximate surface area is 456 Å². The molecule has 3 N–H and O–H groups in total. The van der Waals surface area contributed by atoms with Crippen molar-refractivity contribution in [2.45, 2.75) is 231 Å². The van der Waals surface area contributed by atoms with E-state index in [2.05, 4.69) is 153 Å². The van der Waals surface area contributed by atoms with Gasteiger partial charge in [-0.25, -0.2) is 4.57 Å². The minimum absolute atomic E-state index is 0.0659. The molecule has 0 aliphatic rings. The molecule has 422 valence electrons. The Balaban J connectivity index is 4.08. The summed E-state index contributed by atoms with van der Waals surface area (Å²) in [6, 6.07) is -0.774. The number of carbonyl (C=O) groups is 1. The van der Waals surface area contributed by atoms with E-state index < -0.39 is 20.0 Å². The lowest BCUT2D eigenvalue weighted by atomic mass is 10.0. The first-order valence-electron chi connectivity index (χ1n) is 29.5. The van der Waals surface area contributed by atoms with Crippen LogP contribution in [0.25, 0.3) is 0 Å². The van der Waals surface area contributed by atoms with Gasteiger partial charge in [0.25, 0.3) is 0 Å². The molecule has 0 fully saturated rings. The van der Waals surface area contributed by atoms with Gasteiger partial charge in [-0.2, -0.15) is 0 Å². The number of nitrogens with zero attached hydrogens (tertiary/aromatic N) is 1. The summed E-state index contributed by atoms with van der Waals surface area (Å²) in [6.07, 6.45) is 82.3. The molecule has 0 aromatic heterocycles. The SMILES string of the molecule is CC/C=C\C/C=C\C/C=C\C/C=C\C/C=C\C/C=C\C/C=C\C/C=C\C/C=C\C/C=C\C/C=C\CCCCCCCCCC(=O)NC(COP(=O)(O)OCC[N+](C)(C)C)C(O)CCCCCCCCCCCCC. The molecule has 3 unspecified atom stereocenters. The van der Waals surface area contributed by atoms with Crippen molar-refractivity contribution in [3.63, 3.8) is 0 Å². The second kappa shape index (κ2) is 54.4. The molecular weight excluding hydrogens is 936 g/mol. The molecule has 0 rings (SSSR count). The zero-order valence-electron chi connectivity index (χ0n) is 48.0. The van der Waals surface area contributed by atoms with Crippen LogP contribution in [0.4, 0.5) is 0 Å². The molecule has 0 aromatic carbocycles. The smallest absolute Gasteiger partial charge is 0.391 e. The number of nitrogens with one attached hydrogen (secondary N) is 1. The number of amides is 1. The molecule has 74 heavy (non-hydrogen) atoms. The minimum atomic E-state index is -4.33. The van der Waals surface area contributed by atoms with Gasteiger partial charge in [0, 0.05) is 6.42 Å². The fourth-order valence-electron chi connectivity index (χ4n) is 7.81. The number of hydrogen-bond acceptors (Lipinski definition) is 5. The van der Waals surface area contributed by atoms with E-state index in [1.54, 1.807) is 0 Å². The van der Waals surface area contributed by atoms with Crippen LogP contribution < -0.4 is 5.32 Å². The summed E-state index contributed by atoms with van der Waals surface area (Å²) in [5.74, 6) is -0.162. The van der Waals surface area contributed by atoms with Crippen molar-refractivity contribution in [2.24, 2.45) is 0 Å². The Morgan fingerprint density at radius 3 is 1.19 bits per heavy atom. The summed E-state index contributed by atoms with van der Waals surface area (Å²) in [4.78, 5) is 23.3. The topological polar surface area (TPSA) is 105 Å². The van der Waals surface area contributed by atoms with Gasteiger partial charge in [-0.1, -0.05) is 250 Å². The Morgan fingerprint density at radius 1 is 0.473 bits per heavy atom. The molecule has 0 aliphatic heterocycles. The van der Waals surface area contributed by atoms with Crippen molar-refractivity contribution >= 4 is 13.7 Å². The van der Waals surface area contributed by atoms with E-state index in [0.29, 0.717) is 23.9 Å².